The molecule has 0 fully saturated rings. The van der Waals surface area contributed by atoms with Gasteiger partial charge in [-0.25, -0.2) is 4.39 Å². The van der Waals surface area contributed by atoms with Gasteiger partial charge in [0, 0.05) is 18.3 Å². The van der Waals surface area contributed by atoms with Crippen LogP contribution in [0.15, 0.2) is 60.3 Å². The highest BCUT2D eigenvalue weighted by Crippen LogP contribution is 2.27. The monoisotopic (exact) mass is 476 g/mol. The molecule has 10 heteroatoms. The molecule has 2 aromatic carbocycles. The molecule has 1 amide bonds. The Balaban J connectivity index is 1.67. The van der Waals surface area contributed by atoms with Crippen LogP contribution in [0.1, 0.15) is 18.9 Å². The van der Waals surface area contributed by atoms with Crippen LogP contribution in [0.2, 0.25) is 5.02 Å². The van der Waals surface area contributed by atoms with E-state index in [-0.39, 0.29) is 16.7 Å². The van der Waals surface area contributed by atoms with Gasteiger partial charge < -0.3 is 14.8 Å². The van der Waals surface area contributed by atoms with Gasteiger partial charge in [-0.3, -0.25) is 9.36 Å². The van der Waals surface area contributed by atoms with Crippen molar-refractivity contribution < 1.29 is 18.7 Å². The Morgan fingerprint density at radius 3 is 2.81 bits per heavy atom. The molecule has 0 aliphatic rings. The summed E-state index contributed by atoms with van der Waals surface area (Å²) in [7, 11) is 1.59. The van der Waals surface area contributed by atoms with E-state index in [0.29, 0.717) is 34.7 Å². The molecule has 1 unspecified atom stereocenters. The van der Waals surface area contributed by atoms with Gasteiger partial charge in [-0.05, 0) is 37.3 Å². The highest BCUT2D eigenvalue weighted by Gasteiger charge is 2.20. The number of carbonyl (C=O) groups is 1. The molecule has 1 heterocycles. The lowest BCUT2D eigenvalue weighted by atomic mass is 10.3. The second kappa shape index (κ2) is 11.0. The van der Waals surface area contributed by atoms with E-state index in [0.717, 1.165) is 0 Å². The molecule has 0 saturated heterocycles. The Bertz CT molecular complexity index is 1110. The van der Waals surface area contributed by atoms with Crippen molar-refractivity contribution >= 4 is 35.0 Å². The zero-order valence-corrected chi connectivity index (χ0v) is 19.1. The van der Waals surface area contributed by atoms with Gasteiger partial charge in [0.1, 0.15) is 17.3 Å². The van der Waals surface area contributed by atoms with E-state index in [4.69, 9.17) is 21.1 Å². The summed E-state index contributed by atoms with van der Waals surface area (Å²) in [6.07, 6.45) is 1.31. The van der Waals surface area contributed by atoms with E-state index in [1.807, 2.05) is 29.7 Å². The average molecular weight is 477 g/mol. The number of nitrogens with one attached hydrogen (secondary N) is 1. The molecule has 32 heavy (non-hydrogen) atoms. The first-order valence-electron chi connectivity index (χ1n) is 9.63. The van der Waals surface area contributed by atoms with Gasteiger partial charge in [0.2, 0.25) is 5.91 Å². The molecule has 0 saturated carbocycles. The summed E-state index contributed by atoms with van der Waals surface area (Å²) in [6.45, 7) is 6.10. The number of rotatable bonds is 10. The second-order valence-corrected chi connectivity index (χ2v) is 7.99. The van der Waals surface area contributed by atoms with Gasteiger partial charge in [-0.15, -0.1) is 16.8 Å². The Morgan fingerprint density at radius 1 is 1.31 bits per heavy atom. The summed E-state index contributed by atoms with van der Waals surface area (Å²) in [5.41, 5.74) is 0.413. The Hall–Kier alpha value is -3.04. The maximum absolute atomic E-state index is 13.3. The molecule has 3 aromatic rings. The normalized spacial score (nSPS) is 11.6. The number of nitrogens with zero attached hydrogens (tertiary/aromatic N) is 3. The Kier molecular flexibility index (Phi) is 8.13. The largest absolute Gasteiger partial charge is 0.497 e. The number of methoxy groups -OCH3 is 1. The van der Waals surface area contributed by atoms with E-state index in [9.17, 15) is 9.18 Å². The smallest absolute Gasteiger partial charge is 0.234 e. The number of carbonyl (C=O) groups excluding carboxylic acids is 1. The summed E-state index contributed by atoms with van der Waals surface area (Å²) in [4.78, 5) is 12.3. The topological polar surface area (TPSA) is 78.3 Å². The lowest BCUT2D eigenvalue weighted by Gasteiger charge is -2.16. The molecule has 3 rings (SSSR count). The van der Waals surface area contributed by atoms with Gasteiger partial charge in [0.15, 0.2) is 17.1 Å². The minimum absolute atomic E-state index is 0.0594. The lowest BCUT2D eigenvalue weighted by Crippen LogP contribution is -2.15. The van der Waals surface area contributed by atoms with Gasteiger partial charge >= 0.3 is 0 Å². The van der Waals surface area contributed by atoms with Crippen molar-refractivity contribution in [2.75, 3.05) is 18.2 Å². The number of thioether (sulfide) groups is 1. The zero-order valence-electron chi connectivity index (χ0n) is 17.5. The molecule has 168 valence electrons. The number of ether oxygens (including phenoxy) is 2. The molecule has 1 atom stereocenters. The third-order valence-electron chi connectivity index (χ3n) is 4.31. The van der Waals surface area contributed by atoms with Gasteiger partial charge in [0.05, 0.1) is 17.9 Å². The number of hydrogen-bond acceptors (Lipinski definition) is 6. The maximum atomic E-state index is 13.3. The zero-order chi connectivity index (χ0) is 23.1. The molecule has 0 bridgehead atoms. The predicted molar refractivity (Wildman–Crippen MR) is 123 cm³/mol. The van der Waals surface area contributed by atoms with Gasteiger partial charge in [0.25, 0.3) is 0 Å². The summed E-state index contributed by atoms with van der Waals surface area (Å²) in [5.74, 6) is 1.17. The SMILES string of the molecule is C=CCn1c(SCC(=O)Nc2ccc(F)c(Cl)c2)nnc1C(C)Oc1cccc(OC)c1. The average Bonchev–Trinajstić information content (AvgIpc) is 3.18. The third kappa shape index (κ3) is 6.02. The number of allylic oxidation sites excluding steroid dienone is 1. The van der Waals surface area contributed by atoms with Crippen molar-refractivity contribution in [3.05, 3.63) is 71.8 Å². The van der Waals surface area contributed by atoms with E-state index in [1.165, 1.54) is 30.0 Å². The molecule has 0 radical (unpaired) electrons. The van der Waals surface area contributed by atoms with Crippen LogP contribution in [0.4, 0.5) is 10.1 Å². The first-order valence-corrected chi connectivity index (χ1v) is 11.0. The van der Waals surface area contributed by atoms with Crippen LogP contribution < -0.4 is 14.8 Å². The van der Waals surface area contributed by atoms with Crippen molar-refractivity contribution in [3.63, 3.8) is 0 Å². The predicted octanol–water partition coefficient (Wildman–Crippen LogP) is 5.14. The second-order valence-electron chi connectivity index (χ2n) is 6.64. The van der Waals surface area contributed by atoms with Gasteiger partial charge in [-0.1, -0.05) is 35.5 Å². The van der Waals surface area contributed by atoms with Crippen LogP contribution in [-0.2, 0) is 11.3 Å². The Morgan fingerprint density at radius 2 is 2.09 bits per heavy atom. The van der Waals surface area contributed by atoms with E-state index in [1.54, 1.807) is 19.3 Å². The maximum Gasteiger partial charge on any atom is 0.234 e. The number of hydrogen-bond donors (Lipinski definition) is 1. The number of halogens is 2. The molecular weight excluding hydrogens is 455 g/mol. The molecule has 1 aromatic heterocycles. The fraction of sp³-hybridized carbons (Fsp3) is 0.227. The first kappa shape index (κ1) is 23.6. The van der Waals surface area contributed by atoms with E-state index >= 15 is 0 Å². The van der Waals surface area contributed by atoms with Crippen molar-refractivity contribution in [2.24, 2.45) is 0 Å². The fourth-order valence-electron chi connectivity index (χ4n) is 2.84. The summed E-state index contributed by atoms with van der Waals surface area (Å²) >= 11 is 6.97. The Labute approximate surface area is 194 Å². The molecule has 0 aliphatic carbocycles. The van der Waals surface area contributed by atoms with Crippen molar-refractivity contribution in [3.8, 4) is 11.5 Å². The van der Waals surface area contributed by atoms with Crippen molar-refractivity contribution in [1.29, 1.82) is 0 Å². The van der Waals surface area contributed by atoms with Gasteiger partial charge in [-0.2, -0.15) is 0 Å². The number of benzene rings is 2. The lowest BCUT2D eigenvalue weighted by molar-refractivity contribution is -0.113. The molecule has 7 nitrogen and oxygen atoms in total. The molecule has 1 N–H and O–H groups in total. The van der Waals surface area contributed by atoms with Crippen molar-refractivity contribution in [2.45, 2.75) is 24.7 Å². The minimum atomic E-state index is -0.547. The quantitative estimate of drug-likeness (QED) is 0.322. The highest BCUT2D eigenvalue weighted by molar-refractivity contribution is 7.99. The number of aromatic nitrogens is 3. The standard InChI is InChI=1S/C22H22ClFN4O3S/c1-4-10-28-21(14(2)31-17-7-5-6-16(12-17)30-3)26-27-22(28)32-13-20(29)25-15-8-9-19(24)18(23)11-15/h4-9,11-12,14H,1,10,13H2,2-3H3,(H,25,29). The molecule has 0 spiro atoms. The molecular formula is C22H22ClFN4O3S. The first-order chi connectivity index (χ1) is 15.4. The van der Waals surface area contributed by atoms with Crippen LogP contribution in [0, 0.1) is 5.82 Å². The highest BCUT2D eigenvalue weighted by atomic mass is 35.5. The number of anilines is 1. The fourth-order valence-corrected chi connectivity index (χ4v) is 3.78. The van der Waals surface area contributed by atoms with Crippen LogP contribution in [0.5, 0.6) is 11.5 Å². The summed E-state index contributed by atoms with van der Waals surface area (Å²) in [5, 5.41) is 11.6. The van der Waals surface area contributed by atoms with Crippen LogP contribution >= 0.6 is 23.4 Å². The third-order valence-corrected chi connectivity index (χ3v) is 5.57. The molecule has 0 aliphatic heterocycles. The van der Waals surface area contributed by atoms with Crippen LogP contribution in [0.25, 0.3) is 0 Å². The van der Waals surface area contributed by atoms with E-state index in [2.05, 4.69) is 22.1 Å². The summed E-state index contributed by atoms with van der Waals surface area (Å²) in [6, 6.07) is 11.3. The van der Waals surface area contributed by atoms with Crippen molar-refractivity contribution in [1.82, 2.24) is 14.8 Å². The summed E-state index contributed by atoms with van der Waals surface area (Å²) < 4.78 is 26.3. The van der Waals surface area contributed by atoms with Crippen LogP contribution in [0.3, 0.4) is 0 Å². The van der Waals surface area contributed by atoms with Crippen LogP contribution in [-0.4, -0.2) is 33.5 Å². The number of amides is 1. The van der Waals surface area contributed by atoms with E-state index < -0.39 is 11.9 Å². The minimum Gasteiger partial charge on any atom is -0.497 e.